The largest absolute Gasteiger partial charge is 0.368 e. The predicted molar refractivity (Wildman–Crippen MR) is 131 cm³/mol. The van der Waals surface area contributed by atoms with Gasteiger partial charge in [-0.15, -0.1) is 0 Å². The van der Waals surface area contributed by atoms with Gasteiger partial charge in [-0.1, -0.05) is 37.3 Å². The van der Waals surface area contributed by atoms with Crippen molar-refractivity contribution in [1.29, 1.82) is 0 Å². The highest BCUT2D eigenvalue weighted by Crippen LogP contribution is 2.32. The molecule has 1 aliphatic heterocycles. The molecule has 178 valence electrons. The van der Waals surface area contributed by atoms with E-state index in [1.54, 1.807) is 23.1 Å². The smallest absolute Gasteiger partial charge is 0.273 e. The Morgan fingerprint density at radius 3 is 2.40 bits per heavy atom. The van der Waals surface area contributed by atoms with E-state index in [-0.39, 0.29) is 17.5 Å². The molecule has 5 rings (SSSR count). The second-order valence-electron chi connectivity index (χ2n) is 8.85. The van der Waals surface area contributed by atoms with E-state index in [4.69, 9.17) is 5.73 Å². The minimum Gasteiger partial charge on any atom is -0.368 e. The Balaban J connectivity index is 1.60. The Bertz CT molecular complexity index is 1430. The van der Waals surface area contributed by atoms with Gasteiger partial charge in [-0.2, -0.15) is 0 Å². The zero-order valence-electron chi connectivity index (χ0n) is 19.6. The summed E-state index contributed by atoms with van der Waals surface area (Å²) in [5.41, 5.74) is 10.7. The highest BCUT2D eigenvalue weighted by molar-refractivity contribution is 6.06. The summed E-state index contributed by atoms with van der Waals surface area (Å²) in [5.74, 6) is -2.07. The molecule has 2 N–H and O–H groups in total. The van der Waals surface area contributed by atoms with Gasteiger partial charge in [0.1, 0.15) is 5.69 Å². The number of benzene rings is 3. The summed E-state index contributed by atoms with van der Waals surface area (Å²) in [6, 6.07) is 15.6. The lowest BCUT2D eigenvalue weighted by molar-refractivity contribution is 0.0747. The lowest BCUT2D eigenvalue weighted by atomic mass is 9.97. The zero-order chi connectivity index (χ0) is 24.7. The number of amides is 1. The molecular weight excluding hydrogens is 448 g/mol. The van der Waals surface area contributed by atoms with Crippen LogP contribution in [-0.2, 0) is 19.6 Å². The summed E-state index contributed by atoms with van der Waals surface area (Å²) in [6.07, 6.45) is 0. The number of nitrogen functional groups attached to an aromatic ring is 1. The number of halogens is 2. The van der Waals surface area contributed by atoms with Crippen molar-refractivity contribution < 1.29 is 13.6 Å². The third kappa shape index (κ3) is 4.33. The summed E-state index contributed by atoms with van der Waals surface area (Å²) in [7, 11) is 1.91. The standard InChI is InChI=1S/C27H25F2N5O/c1-3-33(2)13-19-11-22(28)23(29)12-20(19)16-8-9-24-21(10-16)25(32-27(30)31-24)26(35)34-14-17-6-4-5-7-18(17)15-34/h4-12H,3,13-15H2,1-2H3,(H2,30,31,32). The first-order chi connectivity index (χ1) is 16.8. The Kier molecular flexibility index (Phi) is 5.90. The Morgan fingerprint density at radius 2 is 1.71 bits per heavy atom. The fourth-order valence-electron chi connectivity index (χ4n) is 4.49. The van der Waals surface area contributed by atoms with Gasteiger partial charge in [0, 0.05) is 25.0 Å². The van der Waals surface area contributed by atoms with E-state index in [9.17, 15) is 13.6 Å². The van der Waals surface area contributed by atoms with Crippen LogP contribution in [0.15, 0.2) is 54.6 Å². The first kappa shape index (κ1) is 22.9. The predicted octanol–water partition coefficient (Wildman–Crippen LogP) is 4.76. The summed E-state index contributed by atoms with van der Waals surface area (Å²) in [5, 5.41) is 0.511. The number of fused-ring (bicyclic) bond motifs is 2. The van der Waals surface area contributed by atoms with Gasteiger partial charge in [-0.25, -0.2) is 18.7 Å². The van der Waals surface area contributed by atoms with Crippen LogP contribution in [0.4, 0.5) is 14.7 Å². The summed E-state index contributed by atoms with van der Waals surface area (Å²) in [4.78, 5) is 25.8. The third-order valence-electron chi connectivity index (χ3n) is 6.48. The molecule has 6 nitrogen and oxygen atoms in total. The third-order valence-corrected chi connectivity index (χ3v) is 6.48. The number of nitrogens with two attached hydrogens (primary N) is 1. The number of nitrogens with zero attached hydrogens (tertiary/aromatic N) is 4. The molecule has 0 aliphatic carbocycles. The number of rotatable bonds is 5. The molecule has 0 bridgehead atoms. The second kappa shape index (κ2) is 9.03. The molecule has 0 saturated carbocycles. The van der Waals surface area contributed by atoms with Crippen molar-refractivity contribution in [2.24, 2.45) is 0 Å². The number of aromatic nitrogens is 2. The van der Waals surface area contributed by atoms with Gasteiger partial charge in [0.05, 0.1) is 5.52 Å². The van der Waals surface area contributed by atoms with Crippen LogP contribution in [0, 0.1) is 11.6 Å². The molecule has 1 aliphatic rings. The van der Waals surface area contributed by atoms with E-state index in [2.05, 4.69) is 9.97 Å². The summed E-state index contributed by atoms with van der Waals surface area (Å²) < 4.78 is 28.4. The molecule has 1 aromatic heterocycles. The average molecular weight is 474 g/mol. The minimum absolute atomic E-state index is 0.00315. The molecule has 0 atom stereocenters. The van der Waals surface area contributed by atoms with Crippen molar-refractivity contribution in [2.45, 2.75) is 26.6 Å². The Labute approximate surface area is 202 Å². The van der Waals surface area contributed by atoms with Crippen LogP contribution in [0.3, 0.4) is 0 Å². The highest BCUT2D eigenvalue weighted by atomic mass is 19.2. The van der Waals surface area contributed by atoms with Crippen LogP contribution in [0.1, 0.15) is 34.1 Å². The number of carbonyl (C=O) groups excluding carboxylic acids is 1. The van der Waals surface area contributed by atoms with Crippen LogP contribution in [-0.4, -0.2) is 39.3 Å². The van der Waals surface area contributed by atoms with Crippen LogP contribution in [0.25, 0.3) is 22.0 Å². The first-order valence-corrected chi connectivity index (χ1v) is 11.4. The fraction of sp³-hybridized carbons (Fsp3) is 0.222. The van der Waals surface area contributed by atoms with E-state index >= 15 is 0 Å². The van der Waals surface area contributed by atoms with Gasteiger partial charge in [0.25, 0.3) is 5.91 Å². The summed E-state index contributed by atoms with van der Waals surface area (Å²) >= 11 is 0. The second-order valence-corrected chi connectivity index (χ2v) is 8.85. The van der Waals surface area contributed by atoms with Gasteiger partial charge >= 0.3 is 0 Å². The molecule has 0 unspecified atom stereocenters. The fourth-order valence-corrected chi connectivity index (χ4v) is 4.49. The van der Waals surface area contributed by atoms with Gasteiger partial charge < -0.3 is 15.5 Å². The van der Waals surface area contributed by atoms with Crippen molar-refractivity contribution in [3.8, 4) is 11.1 Å². The van der Waals surface area contributed by atoms with Gasteiger partial charge in [-0.05, 0) is 65.7 Å². The van der Waals surface area contributed by atoms with Gasteiger partial charge in [-0.3, -0.25) is 4.79 Å². The van der Waals surface area contributed by atoms with Crippen LogP contribution in [0.5, 0.6) is 0 Å². The zero-order valence-corrected chi connectivity index (χ0v) is 19.6. The number of hydrogen-bond acceptors (Lipinski definition) is 5. The minimum atomic E-state index is -0.928. The van der Waals surface area contributed by atoms with E-state index in [1.807, 2.05) is 43.1 Å². The van der Waals surface area contributed by atoms with E-state index < -0.39 is 11.6 Å². The van der Waals surface area contributed by atoms with Crippen molar-refractivity contribution >= 4 is 22.8 Å². The first-order valence-electron chi connectivity index (χ1n) is 11.4. The maximum Gasteiger partial charge on any atom is 0.273 e. The molecule has 35 heavy (non-hydrogen) atoms. The number of anilines is 1. The number of hydrogen-bond donors (Lipinski definition) is 1. The molecule has 4 aromatic rings. The highest BCUT2D eigenvalue weighted by Gasteiger charge is 2.27. The monoisotopic (exact) mass is 473 g/mol. The van der Waals surface area contributed by atoms with Crippen molar-refractivity contribution in [3.63, 3.8) is 0 Å². The number of carbonyl (C=O) groups is 1. The molecule has 2 heterocycles. The molecule has 1 amide bonds. The molecule has 0 saturated heterocycles. The van der Waals surface area contributed by atoms with Crippen LogP contribution in [0.2, 0.25) is 0 Å². The van der Waals surface area contributed by atoms with E-state index in [0.717, 1.165) is 17.7 Å². The van der Waals surface area contributed by atoms with Gasteiger partial charge in [0.15, 0.2) is 11.6 Å². The van der Waals surface area contributed by atoms with Crippen LogP contribution >= 0.6 is 0 Å². The maximum absolute atomic E-state index is 14.3. The molecule has 0 radical (unpaired) electrons. The lowest BCUT2D eigenvalue weighted by Crippen LogP contribution is -2.27. The topological polar surface area (TPSA) is 75.4 Å². The Morgan fingerprint density at radius 1 is 1.03 bits per heavy atom. The molecular formula is C27H25F2N5O. The van der Waals surface area contributed by atoms with E-state index in [1.165, 1.54) is 12.1 Å². The van der Waals surface area contributed by atoms with Crippen molar-refractivity contribution in [3.05, 3.63) is 88.6 Å². The Hall–Kier alpha value is -3.91. The molecule has 0 fully saturated rings. The normalized spacial score (nSPS) is 13.0. The summed E-state index contributed by atoms with van der Waals surface area (Å²) in [6.45, 7) is 4.15. The quantitative estimate of drug-likeness (QED) is 0.452. The lowest BCUT2D eigenvalue weighted by Gasteiger charge is -2.19. The van der Waals surface area contributed by atoms with Crippen molar-refractivity contribution in [2.75, 3.05) is 19.3 Å². The average Bonchev–Trinajstić information content (AvgIpc) is 3.29. The molecule has 3 aromatic carbocycles. The van der Waals surface area contributed by atoms with E-state index in [0.29, 0.717) is 47.2 Å². The molecule has 0 spiro atoms. The van der Waals surface area contributed by atoms with Crippen molar-refractivity contribution in [1.82, 2.24) is 19.8 Å². The molecule has 8 heteroatoms. The van der Waals surface area contributed by atoms with Crippen LogP contribution < -0.4 is 5.73 Å². The maximum atomic E-state index is 14.3. The van der Waals surface area contributed by atoms with Gasteiger partial charge in [0.2, 0.25) is 5.95 Å². The SMILES string of the molecule is CCN(C)Cc1cc(F)c(F)cc1-c1ccc2nc(N)nc(C(=O)N3Cc4ccccc4C3)c2c1.